The maximum atomic E-state index is 13.7. The van der Waals surface area contributed by atoms with Crippen molar-refractivity contribution in [2.75, 3.05) is 17.3 Å². The fourth-order valence-electron chi connectivity index (χ4n) is 10.3. The van der Waals surface area contributed by atoms with Crippen LogP contribution in [-0.2, 0) is 4.79 Å². The molecule has 8 atom stereocenters. The van der Waals surface area contributed by atoms with E-state index in [1.165, 1.54) is 50.0 Å². The number of benzene rings is 1. The van der Waals surface area contributed by atoms with Crippen LogP contribution in [0.4, 0.5) is 11.4 Å². The number of nitrogens with zero attached hydrogens (tertiary/aromatic N) is 1. The molecule has 0 aliphatic heterocycles. The third-order valence-corrected chi connectivity index (χ3v) is 12.5. The van der Waals surface area contributed by atoms with Crippen molar-refractivity contribution in [3.05, 3.63) is 23.2 Å². The second-order valence-corrected chi connectivity index (χ2v) is 14.3. The number of ketones is 1. The molecule has 1 aromatic rings. The summed E-state index contributed by atoms with van der Waals surface area (Å²) in [6, 6.07) is 5.36. The quantitative estimate of drug-likeness (QED) is 0.260. The zero-order valence-corrected chi connectivity index (χ0v) is 23.3. The second kappa shape index (κ2) is 8.38. The van der Waals surface area contributed by atoms with Gasteiger partial charge in [0.15, 0.2) is 5.78 Å². The zero-order chi connectivity index (χ0) is 25.4. The first-order chi connectivity index (χ1) is 16.4. The first-order valence-corrected chi connectivity index (χ1v) is 14.3. The van der Waals surface area contributed by atoms with Crippen LogP contribution in [-0.4, -0.2) is 12.3 Å². The number of carbonyl (C=O) groups excluding carboxylic acids is 1. The summed E-state index contributed by atoms with van der Waals surface area (Å²) in [5, 5.41) is 1.96. The van der Waals surface area contributed by atoms with E-state index in [0.717, 1.165) is 24.7 Å². The van der Waals surface area contributed by atoms with Gasteiger partial charge in [-0.3, -0.25) is 4.79 Å². The number of fused-ring (bicyclic) bond motifs is 5. The lowest BCUT2D eigenvalue weighted by atomic mass is 9.35. The molecule has 1 aromatic carbocycles. The van der Waals surface area contributed by atoms with Gasteiger partial charge in [0.2, 0.25) is 0 Å². The minimum atomic E-state index is 0.0568. The predicted octanol–water partition coefficient (Wildman–Crippen LogP) is 7.25. The van der Waals surface area contributed by atoms with Crippen LogP contribution in [0.15, 0.2) is 18.2 Å². The third kappa shape index (κ3) is 3.60. The van der Waals surface area contributed by atoms with Crippen LogP contribution in [0.5, 0.6) is 0 Å². The van der Waals surface area contributed by atoms with E-state index in [2.05, 4.69) is 34.6 Å². The van der Waals surface area contributed by atoms with E-state index in [-0.39, 0.29) is 23.7 Å². The molecule has 8 unspecified atom stereocenters. The summed E-state index contributed by atoms with van der Waals surface area (Å²) in [5.74, 6) is 8.91. The fourth-order valence-corrected chi connectivity index (χ4v) is 10.6. The number of para-hydroxylation sites is 1. The average molecular weight is 500 g/mol. The van der Waals surface area contributed by atoms with Crippen LogP contribution in [0.25, 0.3) is 0 Å². The smallest absolute Gasteiger partial charge is 0.157 e. The van der Waals surface area contributed by atoms with Crippen molar-refractivity contribution in [3.63, 3.8) is 0 Å². The van der Waals surface area contributed by atoms with E-state index >= 15 is 0 Å². The molecule has 5 heteroatoms. The number of rotatable bonds is 4. The fraction of sp³-hybridized carbons (Fsp3) is 0.767. The van der Waals surface area contributed by atoms with E-state index in [1.807, 2.05) is 0 Å². The second-order valence-electron chi connectivity index (χ2n) is 13.9. The highest BCUT2D eigenvalue weighted by Gasteiger charge is 2.68. The molecule has 0 heterocycles. The number of carbonyl (C=O) groups is 1. The van der Waals surface area contributed by atoms with Crippen LogP contribution < -0.4 is 16.6 Å². The molecule has 0 bridgehead atoms. The largest absolute Gasteiger partial charge is 0.397 e. The summed E-state index contributed by atoms with van der Waals surface area (Å²) in [5.41, 5.74) is 8.48. The summed E-state index contributed by atoms with van der Waals surface area (Å²) < 4.78 is 0. The van der Waals surface area contributed by atoms with Gasteiger partial charge in [0.05, 0.1) is 22.9 Å². The Bertz CT molecular complexity index is 993. The molecule has 4 saturated carbocycles. The van der Waals surface area contributed by atoms with E-state index in [1.54, 1.807) is 18.2 Å². The summed E-state index contributed by atoms with van der Waals surface area (Å²) in [4.78, 5) is 13.7. The van der Waals surface area contributed by atoms with Gasteiger partial charge in [-0.05, 0) is 103 Å². The molecule has 5 rings (SSSR count). The maximum absolute atomic E-state index is 13.7. The molecular formula is C30H46ClN3O. The molecule has 4 aliphatic carbocycles. The van der Waals surface area contributed by atoms with Crippen molar-refractivity contribution in [1.29, 1.82) is 0 Å². The van der Waals surface area contributed by atoms with E-state index in [0.29, 0.717) is 38.6 Å². The van der Waals surface area contributed by atoms with Crippen LogP contribution in [0, 0.1) is 45.3 Å². The average Bonchev–Trinajstić information content (AvgIpc) is 3.13. The van der Waals surface area contributed by atoms with Gasteiger partial charge < -0.3 is 10.7 Å². The Morgan fingerprint density at radius 3 is 2.46 bits per heavy atom. The maximum Gasteiger partial charge on any atom is 0.157 e. The van der Waals surface area contributed by atoms with Gasteiger partial charge in [-0.1, -0.05) is 58.7 Å². The SMILES string of the molecule is CC1CCC2(C)C3CCC4(C)C(C(=O)CN(N)c5c(N)cccc5Cl)CCC4C3(C)CCC2(C)C1. The highest BCUT2D eigenvalue weighted by molar-refractivity contribution is 6.34. The van der Waals surface area contributed by atoms with E-state index < -0.39 is 0 Å². The van der Waals surface area contributed by atoms with Gasteiger partial charge in [-0.2, -0.15) is 0 Å². The Morgan fingerprint density at radius 1 is 1.00 bits per heavy atom. The van der Waals surface area contributed by atoms with Gasteiger partial charge >= 0.3 is 0 Å². The first-order valence-electron chi connectivity index (χ1n) is 13.9. The van der Waals surface area contributed by atoms with Crippen LogP contribution in [0.3, 0.4) is 0 Å². The van der Waals surface area contributed by atoms with Crippen molar-refractivity contribution >= 4 is 28.8 Å². The number of hydrogen-bond donors (Lipinski definition) is 2. The van der Waals surface area contributed by atoms with E-state index in [4.69, 9.17) is 23.2 Å². The predicted molar refractivity (Wildman–Crippen MR) is 146 cm³/mol. The molecule has 35 heavy (non-hydrogen) atoms. The number of anilines is 2. The molecule has 0 saturated heterocycles. The van der Waals surface area contributed by atoms with Crippen molar-refractivity contribution in [1.82, 2.24) is 0 Å². The number of Topliss-reactive ketones (excluding diaryl/α,β-unsaturated/α-hetero) is 1. The van der Waals surface area contributed by atoms with Gasteiger partial charge in [-0.15, -0.1) is 0 Å². The molecule has 0 spiro atoms. The number of nitrogens with two attached hydrogens (primary N) is 2. The lowest BCUT2D eigenvalue weighted by Gasteiger charge is -2.69. The highest BCUT2D eigenvalue weighted by atomic mass is 35.5. The number of nitrogen functional groups attached to an aromatic ring is 1. The first kappa shape index (κ1) is 25.4. The van der Waals surface area contributed by atoms with Crippen LogP contribution in [0.1, 0.15) is 92.4 Å². The van der Waals surface area contributed by atoms with Crippen molar-refractivity contribution < 1.29 is 4.79 Å². The van der Waals surface area contributed by atoms with Crippen molar-refractivity contribution in [3.8, 4) is 0 Å². The molecule has 4 N–H and O–H groups in total. The number of hydrazine groups is 1. The Morgan fingerprint density at radius 2 is 1.74 bits per heavy atom. The molecule has 0 radical (unpaired) electrons. The topological polar surface area (TPSA) is 72.3 Å². The molecule has 0 aromatic heterocycles. The minimum Gasteiger partial charge on any atom is -0.397 e. The van der Waals surface area contributed by atoms with Gasteiger partial charge in [0.1, 0.15) is 0 Å². The van der Waals surface area contributed by atoms with Crippen molar-refractivity contribution in [2.24, 2.45) is 51.2 Å². The molecule has 4 fully saturated rings. The van der Waals surface area contributed by atoms with Gasteiger partial charge in [0, 0.05) is 5.92 Å². The van der Waals surface area contributed by atoms with E-state index in [9.17, 15) is 4.79 Å². The van der Waals surface area contributed by atoms with Crippen LogP contribution >= 0.6 is 11.6 Å². The molecular weight excluding hydrogens is 454 g/mol. The summed E-state index contributed by atoms with van der Waals surface area (Å²) in [6.45, 7) is 12.9. The Balaban J connectivity index is 1.38. The normalized spacial score (nSPS) is 44.8. The zero-order valence-electron chi connectivity index (χ0n) is 22.5. The summed E-state index contributed by atoms with van der Waals surface area (Å²) >= 11 is 6.38. The highest BCUT2D eigenvalue weighted by Crippen LogP contribution is 2.75. The summed E-state index contributed by atoms with van der Waals surface area (Å²) in [7, 11) is 0. The summed E-state index contributed by atoms with van der Waals surface area (Å²) in [6.07, 6.45) is 11.4. The lowest BCUT2D eigenvalue weighted by molar-refractivity contribution is -0.202. The monoisotopic (exact) mass is 499 g/mol. The molecule has 194 valence electrons. The third-order valence-electron chi connectivity index (χ3n) is 12.2. The van der Waals surface area contributed by atoms with Crippen molar-refractivity contribution in [2.45, 2.75) is 92.4 Å². The molecule has 0 amide bonds. The lowest BCUT2D eigenvalue weighted by Crippen LogP contribution is -2.62. The Hall–Kier alpha value is -1.26. The van der Waals surface area contributed by atoms with Crippen LogP contribution in [0.2, 0.25) is 5.02 Å². The van der Waals surface area contributed by atoms with Gasteiger partial charge in [0.25, 0.3) is 0 Å². The Labute approximate surface area is 217 Å². The number of hydrogen-bond acceptors (Lipinski definition) is 4. The standard InChI is InChI=1S/C30H46ClN3O/c1-19-11-14-30(5)25-12-13-28(3)20(9-10-24(28)29(25,4)16-15-27(30,2)17-19)23(35)18-34(33)26-21(31)7-6-8-22(26)32/h6-8,19-20,24-25H,9-18,32-33H2,1-5H3. The Kier molecular flexibility index (Phi) is 6.08. The minimum absolute atomic E-state index is 0.0568. The molecule has 4 nitrogen and oxygen atoms in total. The number of halogens is 1. The molecule has 4 aliphatic rings. The van der Waals surface area contributed by atoms with Gasteiger partial charge in [-0.25, -0.2) is 5.84 Å².